The van der Waals surface area contributed by atoms with Gasteiger partial charge in [0.15, 0.2) is 5.43 Å². The highest BCUT2D eigenvalue weighted by Gasteiger charge is 2.20. The highest BCUT2D eigenvalue weighted by molar-refractivity contribution is 5.19. The third-order valence-electron chi connectivity index (χ3n) is 3.42. The van der Waals surface area contributed by atoms with Crippen molar-refractivity contribution >= 4 is 0 Å². The van der Waals surface area contributed by atoms with Gasteiger partial charge in [-0.25, -0.2) is 0 Å². The Balaban J connectivity index is 0.000000313. The van der Waals surface area contributed by atoms with E-state index in [0.29, 0.717) is 6.42 Å². The molecule has 0 saturated carbocycles. The molecule has 1 aliphatic heterocycles. The molecule has 0 fully saturated rings. The zero-order valence-corrected chi connectivity index (χ0v) is 14.4. The summed E-state index contributed by atoms with van der Waals surface area (Å²) in [5, 5.41) is 0. The van der Waals surface area contributed by atoms with Gasteiger partial charge in [-0.05, 0) is 13.3 Å². The molecule has 1 aromatic rings. The molecular formula is C18H26O5. The Bertz CT molecular complexity index is 566. The Morgan fingerprint density at radius 3 is 2.22 bits per heavy atom. The summed E-state index contributed by atoms with van der Waals surface area (Å²) in [7, 11) is 3.35. The minimum absolute atomic E-state index is 0.0220. The van der Waals surface area contributed by atoms with Crippen molar-refractivity contribution < 1.29 is 18.6 Å². The van der Waals surface area contributed by atoms with Crippen LogP contribution in [0.2, 0.25) is 0 Å². The van der Waals surface area contributed by atoms with E-state index in [1.54, 1.807) is 14.2 Å². The first-order chi connectivity index (χ1) is 11.1. The van der Waals surface area contributed by atoms with E-state index in [4.69, 9.17) is 14.2 Å². The normalized spacial score (nSPS) is 13.9. The first-order valence-corrected chi connectivity index (χ1v) is 7.82. The van der Waals surface area contributed by atoms with Crippen molar-refractivity contribution in [3.63, 3.8) is 0 Å². The molecule has 0 aliphatic carbocycles. The van der Waals surface area contributed by atoms with Gasteiger partial charge in [0.25, 0.3) is 0 Å². The molecule has 0 bridgehead atoms. The van der Waals surface area contributed by atoms with Gasteiger partial charge < -0.3 is 18.6 Å². The molecule has 0 unspecified atom stereocenters. The lowest BCUT2D eigenvalue weighted by Gasteiger charge is -2.23. The molecule has 128 valence electrons. The van der Waals surface area contributed by atoms with Crippen LogP contribution < -0.4 is 5.43 Å². The van der Waals surface area contributed by atoms with Gasteiger partial charge in [-0.2, -0.15) is 0 Å². The molecule has 0 aromatic carbocycles. The topological polar surface area (TPSA) is 57.9 Å². The molecular weight excluding hydrogens is 296 g/mol. The van der Waals surface area contributed by atoms with Crippen molar-refractivity contribution in [1.82, 2.24) is 0 Å². The smallest absolute Gasteiger partial charge is 0.184 e. The van der Waals surface area contributed by atoms with E-state index in [2.05, 4.69) is 11.3 Å². The molecule has 0 atom stereocenters. The first-order valence-electron chi connectivity index (χ1n) is 7.82. The molecule has 0 spiro atoms. The first kappa shape index (κ1) is 18.9. The second kappa shape index (κ2) is 10.5. The predicted octanol–water partition coefficient (Wildman–Crippen LogP) is 4.36. The number of allylic oxidation sites excluding steroid dienone is 2. The molecule has 0 N–H and O–H groups in total. The average Bonchev–Trinajstić information content (AvgIpc) is 2.56. The number of rotatable bonds is 6. The number of methoxy groups -OCH3 is 2. The number of ether oxygens (including phenoxy) is 3. The van der Waals surface area contributed by atoms with Crippen LogP contribution in [0.15, 0.2) is 56.9 Å². The molecule has 2 rings (SSSR count). The van der Waals surface area contributed by atoms with Crippen molar-refractivity contribution in [1.29, 1.82) is 0 Å². The molecule has 1 aliphatic rings. The van der Waals surface area contributed by atoms with E-state index in [-0.39, 0.29) is 5.43 Å². The van der Waals surface area contributed by atoms with E-state index in [1.165, 1.54) is 37.5 Å². The van der Waals surface area contributed by atoms with Gasteiger partial charge in [-0.1, -0.05) is 19.8 Å². The van der Waals surface area contributed by atoms with Gasteiger partial charge in [0.05, 0.1) is 33.2 Å². The predicted molar refractivity (Wildman–Crippen MR) is 88.6 cm³/mol. The van der Waals surface area contributed by atoms with Gasteiger partial charge in [-0.3, -0.25) is 4.79 Å². The van der Waals surface area contributed by atoms with Gasteiger partial charge in [0, 0.05) is 18.6 Å². The fourth-order valence-electron chi connectivity index (χ4n) is 2.11. The summed E-state index contributed by atoms with van der Waals surface area (Å²) in [4.78, 5) is 10.2. The minimum Gasteiger partial charge on any atom is -0.497 e. The monoisotopic (exact) mass is 322 g/mol. The number of hydrogen-bond donors (Lipinski definition) is 0. The lowest BCUT2D eigenvalue weighted by Crippen LogP contribution is -2.09. The molecule has 5 nitrogen and oxygen atoms in total. The maximum atomic E-state index is 10.2. The maximum Gasteiger partial charge on any atom is 0.184 e. The van der Waals surface area contributed by atoms with Crippen molar-refractivity contribution in [3.8, 4) is 0 Å². The third-order valence-corrected chi connectivity index (χ3v) is 3.42. The van der Waals surface area contributed by atoms with E-state index < -0.39 is 0 Å². The largest absolute Gasteiger partial charge is 0.497 e. The Hall–Kier alpha value is -2.17. The summed E-state index contributed by atoms with van der Waals surface area (Å²) in [5.74, 6) is 3.58. The zero-order chi connectivity index (χ0) is 17.1. The Morgan fingerprint density at radius 1 is 1.09 bits per heavy atom. The van der Waals surface area contributed by atoms with Crippen LogP contribution in [0.1, 0.15) is 46.0 Å². The summed E-state index contributed by atoms with van der Waals surface area (Å²) in [6.07, 6.45) is 7.95. The minimum atomic E-state index is -0.0220. The summed E-state index contributed by atoms with van der Waals surface area (Å²) >= 11 is 0. The summed E-state index contributed by atoms with van der Waals surface area (Å²) in [6, 6.07) is 2.72. The van der Waals surface area contributed by atoms with E-state index in [9.17, 15) is 4.79 Å². The van der Waals surface area contributed by atoms with Crippen LogP contribution in [-0.4, -0.2) is 14.2 Å². The highest BCUT2D eigenvalue weighted by atomic mass is 16.5. The Morgan fingerprint density at radius 2 is 1.74 bits per heavy atom. The van der Waals surface area contributed by atoms with Crippen molar-refractivity contribution in [2.45, 2.75) is 46.0 Å². The van der Waals surface area contributed by atoms with Gasteiger partial charge in [0.1, 0.15) is 23.0 Å². The van der Waals surface area contributed by atoms with Crippen LogP contribution >= 0.6 is 0 Å². The lowest BCUT2D eigenvalue weighted by atomic mass is 10.1. The average molecular weight is 322 g/mol. The fourth-order valence-corrected chi connectivity index (χ4v) is 2.11. The van der Waals surface area contributed by atoms with Crippen LogP contribution in [0.3, 0.4) is 0 Å². The van der Waals surface area contributed by atoms with E-state index in [1.807, 2.05) is 6.92 Å². The molecule has 5 heteroatoms. The summed E-state index contributed by atoms with van der Waals surface area (Å²) in [6.45, 7) is 4.13. The standard InChI is InChI=1S/C13H22O3.C5H4O2/c1-5-6-7-8-11-13(15-4)9-12(14-3)10(2)16-11;6-5-1-3-7-4-2-5/h5-9H2,1-4H3;1-4H. The van der Waals surface area contributed by atoms with E-state index in [0.717, 1.165) is 35.9 Å². The van der Waals surface area contributed by atoms with E-state index >= 15 is 0 Å². The molecule has 23 heavy (non-hydrogen) atoms. The van der Waals surface area contributed by atoms with Crippen molar-refractivity contribution in [3.05, 3.63) is 57.9 Å². The Labute approximate surface area is 137 Å². The second-order valence-corrected chi connectivity index (χ2v) is 5.11. The molecule has 2 heterocycles. The van der Waals surface area contributed by atoms with Crippen LogP contribution in [0, 0.1) is 0 Å². The quantitative estimate of drug-likeness (QED) is 0.728. The van der Waals surface area contributed by atoms with Crippen LogP contribution in [0.5, 0.6) is 0 Å². The fraction of sp³-hybridized carbons (Fsp3) is 0.500. The van der Waals surface area contributed by atoms with Gasteiger partial charge in [0.2, 0.25) is 0 Å². The van der Waals surface area contributed by atoms with Crippen LogP contribution in [-0.2, 0) is 14.2 Å². The Kier molecular flexibility index (Phi) is 8.65. The summed E-state index contributed by atoms with van der Waals surface area (Å²) in [5.41, 5.74) is -0.0220. The second-order valence-electron chi connectivity index (χ2n) is 5.11. The van der Waals surface area contributed by atoms with Crippen molar-refractivity contribution in [2.24, 2.45) is 0 Å². The van der Waals surface area contributed by atoms with Gasteiger partial charge in [-0.15, -0.1) is 0 Å². The van der Waals surface area contributed by atoms with Crippen LogP contribution in [0.4, 0.5) is 0 Å². The lowest BCUT2D eigenvalue weighted by molar-refractivity contribution is 0.152. The third kappa shape index (κ3) is 6.63. The number of hydrogen-bond acceptors (Lipinski definition) is 5. The molecule has 0 radical (unpaired) electrons. The maximum absolute atomic E-state index is 10.2. The zero-order valence-electron chi connectivity index (χ0n) is 14.4. The SMILES string of the molecule is CCCCCC1=C(OC)CC(OC)=C(C)O1.O=c1ccocc1. The summed E-state index contributed by atoms with van der Waals surface area (Å²) < 4.78 is 20.9. The van der Waals surface area contributed by atoms with Gasteiger partial charge >= 0.3 is 0 Å². The highest BCUT2D eigenvalue weighted by Crippen LogP contribution is 2.30. The molecule has 0 saturated heterocycles. The molecule has 1 aromatic heterocycles. The van der Waals surface area contributed by atoms with Crippen LogP contribution in [0.25, 0.3) is 0 Å². The molecule has 0 amide bonds. The van der Waals surface area contributed by atoms with Crippen molar-refractivity contribution in [2.75, 3.05) is 14.2 Å². The number of unbranched alkanes of at least 4 members (excludes halogenated alkanes) is 2.